The SMILES string of the molecule is O=NN(S)C(CCC(=O)NC(CS)C(=O)NCC(=O)O)C(=O)O. The molecule has 0 aliphatic heterocycles. The fourth-order valence-electron chi connectivity index (χ4n) is 1.41. The maximum absolute atomic E-state index is 11.7. The number of nitrogens with one attached hydrogen (secondary N) is 2. The molecule has 0 radical (unpaired) electrons. The number of rotatable bonds is 11. The molecule has 130 valence electrons. The molecule has 0 aliphatic carbocycles. The van der Waals surface area contributed by atoms with E-state index >= 15 is 0 Å². The number of carboxylic acids is 2. The van der Waals surface area contributed by atoms with E-state index in [4.69, 9.17) is 10.2 Å². The Morgan fingerprint density at radius 3 is 2.26 bits per heavy atom. The summed E-state index contributed by atoms with van der Waals surface area (Å²) in [7, 11) is 0. The third-order valence-electron chi connectivity index (χ3n) is 2.54. The van der Waals surface area contributed by atoms with Gasteiger partial charge in [0.1, 0.15) is 12.6 Å². The third-order valence-corrected chi connectivity index (χ3v) is 3.26. The first-order valence-corrected chi connectivity index (χ1v) is 7.20. The van der Waals surface area contributed by atoms with Crippen LogP contribution < -0.4 is 10.6 Å². The van der Waals surface area contributed by atoms with Gasteiger partial charge in [-0.05, 0) is 19.2 Å². The number of aliphatic carboxylic acids is 2. The lowest BCUT2D eigenvalue weighted by Gasteiger charge is -2.18. The molecule has 0 aliphatic rings. The van der Waals surface area contributed by atoms with E-state index < -0.39 is 42.4 Å². The average Bonchev–Trinajstić information content (AvgIpc) is 2.49. The van der Waals surface area contributed by atoms with Crippen LogP contribution in [0.1, 0.15) is 12.8 Å². The van der Waals surface area contributed by atoms with Crippen molar-refractivity contribution in [1.29, 1.82) is 0 Å². The highest BCUT2D eigenvalue weighted by Crippen LogP contribution is 2.10. The van der Waals surface area contributed by atoms with Gasteiger partial charge in [-0.1, -0.05) is 0 Å². The normalized spacial score (nSPS) is 12.6. The van der Waals surface area contributed by atoms with Gasteiger partial charge in [0.2, 0.25) is 11.8 Å². The number of carbonyl (C=O) groups is 4. The lowest BCUT2D eigenvalue weighted by Crippen LogP contribution is -2.49. The van der Waals surface area contributed by atoms with E-state index in [1.54, 1.807) is 0 Å². The Morgan fingerprint density at radius 1 is 1.22 bits per heavy atom. The van der Waals surface area contributed by atoms with Gasteiger partial charge < -0.3 is 20.8 Å². The van der Waals surface area contributed by atoms with Crippen molar-refractivity contribution in [1.82, 2.24) is 15.0 Å². The van der Waals surface area contributed by atoms with Crippen LogP contribution in [0.4, 0.5) is 0 Å². The lowest BCUT2D eigenvalue weighted by molar-refractivity contribution is -0.141. The minimum Gasteiger partial charge on any atom is -0.480 e. The number of nitroso groups, excluding NO2 is 1. The zero-order valence-electron chi connectivity index (χ0n) is 11.7. The Hall–Kier alpha value is -2.02. The Morgan fingerprint density at radius 2 is 1.83 bits per heavy atom. The number of amides is 2. The summed E-state index contributed by atoms with van der Waals surface area (Å²) in [4.78, 5) is 54.8. The van der Waals surface area contributed by atoms with Crippen LogP contribution in [0.2, 0.25) is 0 Å². The predicted octanol–water partition coefficient (Wildman–Crippen LogP) is -1.34. The Kier molecular flexibility index (Phi) is 9.73. The first-order chi connectivity index (χ1) is 10.7. The highest BCUT2D eigenvalue weighted by molar-refractivity contribution is 7.80. The summed E-state index contributed by atoms with van der Waals surface area (Å²) < 4.78 is 0.366. The summed E-state index contributed by atoms with van der Waals surface area (Å²) in [5, 5.41) is 24.0. The molecule has 0 heterocycles. The van der Waals surface area contributed by atoms with Gasteiger partial charge in [-0.15, -0.1) is 4.91 Å². The van der Waals surface area contributed by atoms with Gasteiger partial charge in [0, 0.05) is 12.2 Å². The zero-order chi connectivity index (χ0) is 18.0. The molecule has 0 spiro atoms. The van der Waals surface area contributed by atoms with Gasteiger partial charge in [0.05, 0.1) is 5.29 Å². The fourth-order valence-corrected chi connectivity index (χ4v) is 1.88. The molecule has 0 saturated carbocycles. The summed E-state index contributed by atoms with van der Waals surface area (Å²) in [6.45, 7) is -0.611. The number of hydrogen-bond donors (Lipinski definition) is 6. The molecule has 11 nitrogen and oxygen atoms in total. The number of carboxylic acid groups (broad SMARTS) is 2. The van der Waals surface area contributed by atoms with Gasteiger partial charge in [-0.3, -0.25) is 14.4 Å². The highest BCUT2D eigenvalue weighted by Gasteiger charge is 2.26. The Balaban J connectivity index is 4.49. The minimum absolute atomic E-state index is 0.0891. The molecule has 0 fully saturated rings. The van der Waals surface area contributed by atoms with Gasteiger partial charge in [0.15, 0.2) is 6.04 Å². The monoisotopic (exact) mass is 368 g/mol. The third kappa shape index (κ3) is 8.25. The van der Waals surface area contributed by atoms with Crippen LogP contribution in [0.15, 0.2) is 5.29 Å². The second-order valence-corrected chi connectivity index (χ2v) is 4.98. The van der Waals surface area contributed by atoms with E-state index in [1.807, 2.05) is 0 Å². The maximum Gasteiger partial charge on any atom is 0.329 e. The van der Waals surface area contributed by atoms with Crippen LogP contribution >= 0.6 is 25.4 Å². The van der Waals surface area contributed by atoms with E-state index in [0.29, 0.717) is 4.41 Å². The number of hydrogen-bond acceptors (Lipinski definition) is 8. The van der Waals surface area contributed by atoms with Crippen LogP contribution in [0.3, 0.4) is 0 Å². The van der Waals surface area contributed by atoms with Crippen LogP contribution in [0.5, 0.6) is 0 Å². The quantitative estimate of drug-likeness (QED) is 0.148. The molecule has 2 unspecified atom stereocenters. The smallest absolute Gasteiger partial charge is 0.329 e. The summed E-state index contributed by atoms with van der Waals surface area (Å²) in [5.41, 5.74) is 0. The van der Waals surface area contributed by atoms with E-state index in [9.17, 15) is 24.1 Å². The van der Waals surface area contributed by atoms with Crippen molar-refractivity contribution in [3.8, 4) is 0 Å². The first-order valence-electron chi connectivity index (χ1n) is 6.16. The Bertz CT molecular complexity index is 476. The van der Waals surface area contributed by atoms with Crippen molar-refractivity contribution < 1.29 is 29.4 Å². The van der Waals surface area contributed by atoms with Crippen LogP contribution in [-0.2, 0) is 19.2 Å². The molecular formula is C10H16N4O7S2. The van der Waals surface area contributed by atoms with Crippen molar-refractivity contribution in [3.05, 3.63) is 4.91 Å². The molecular weight excluding hydrogens is 352 g/mol. The Labute approximate surface area is 141 Å². The van der Waals surface area contributed by atoms with Crippen molar-refractivity contribution >= 4 is 49.2 Å². The largest absolute Gasteiger partial charge is 0.480 e. The summed E-state index contributed by atoms with van der Waals surface area (Å²) in [6.07, 6.45) is -0.591. The maximum atomic E-state index is 11.7. The lowest BCUT2D eigenvalue weighted by atomic mass is 10.1. The number of thiol groups is 2. The van der Waals surface area contributed by atoms with Crippen molar-refractivity contribution in [2.24, 2.45) is 5.29 Å². The van der Waals surface area contributed by atoms with E-state index in [2.05, 4.69) is 41.4 Å². The zero-order valence-corrected chi connectivity index (χ0v) is 13.5. The van der Waals surface area contributed by atoms with Gasteiger partial charge in [-0.25, -0.2) is 4.79 Å². The van der Waals surface area contributed by atoms with Gasteiger partial charge in [-0.2, -0.15) is 17.0 Å². The van der Waals surface area contributed by atoms with Gasteiger partial charge in [0.25, 0.3) is 0 Å². The summed E-state index contributed by atoms with van der Waals surface area (Å²) >= 11 is 7.41. The molecule has 0 aromatic carbocycles. The molecule has 0 rings (SSSR count). The molecule has 2 atom stereocenters. The van der Waals surface area contributed by atoms with E-state index in [0.717, 1.165) is 0 Å². The highest BCUT2D eigenvalue weighted by atomic mass is 32.1. The standard InChI is InChI=1S/C10H16N4O7S2/c15-7(2-1-6(10(19)20)14(23)13-21)12-5(4-22)9(18)11-3-8(16)17/h5-6,22-23H,1-4H2,(H,11,18)(H,12,15)(H,16,17)(H,19,20). The van der Waals surface area contributed by atoms with E-state index in [1.165, 1.54) is 0 Å². The fraction of sp³-hybridized carbons (Fsp3) is 0.600. The van der Waals surface area contributed by atoms with Crippen molar-refractivity contribution in [2.75, 3.05) is 12.3 Å². The van der Waals surface area contributed by atoms with Crippen molar-refractivity contribution in [2.45, 2.75) is 24.9 Å². The second kappa shape index (κ2) is 10.7. The molecule has 0 aromatic heterocycles. The van der Waals surface area contributed by atoms with Crippen LogP contribution in [0, 0.1) is 4.91 Å². The van der Waals surface area contributed by atoms with Crippen LogP contribution in [0.25, 0.3) is 0 Å². The second-order valence-electron chi connectivity index (χ2n) is 4.21. The molecule has 2 amide bonds. The van der Waals surface area contributed by atoms with Crippen molar-refractivity contribution in [3.63, 3.8) is 0 Å². The van der Waals surface area contributed by atoms with E-state index in [-0.39, 0.29) is 18.6 Å². The molecule has 0 bridgehead atoms. The summed E-state index contributed by atoms with van der Waals surface area (Å²) in [5.74, 6) is -4.14. The van der Waals surface area contributed by atoms with Crippen LogP contribution in [-0.4, -0.2) is 62.8 Å². The minimum atomic E-state index is -1.41. The molecule has 13 heteroatoms. The molecule has 0 saturated heterocycles. The first kappa shape index (κ1) is 21.0. The molecule has 0 aromatic rings. The number of nitrogens with zero attached hydrogens (tertiary/aromatic N) is 2. The topological polar surface area (TPSA) is 165 Å². The summed E-state index contributed by atoms with van der Waals surface area (Å²) in [6, 6.07) is -2.48. The predicted molar refractivity (Wildman–Crippen MR) is 83.7 cm³/mol. The van der Waals surface area contributed by atoms with Gasteiger partial charge >= 0.3 is 11.9 Å². The molecule has 4 N–H and O–H groups in total. The molecule has 23 heavy (non-hydrogen) atoms. The average molecular weight is 368 g/mol. The number of carbonyl (C=O) groups excluding carboxylic acids is 2.